The lowest BCUT2D eigenvalue weighted by Crippen LogP contribution is -2.49. The molecule has 1 N–H and O–H groups in total. The van der Waals surface area contributed by atoms with Crippen LogP contribution >= 0.6 is 0 Å². The molecule has 2 aliphatic carbocycles. The third-order valence-corrected chi connectivity index (χ3v) is 4.91. The van der Waals surface area contributed by atoms with Crippen LogP contribution in [-0.4, -0.2) is 26.4 Å². The molecule has 0 spiro atoms. The molecular weight excluding hydrogens is 250 g/mol. The number of benzene rings is 1. The lowest BCUT2D eigenvalue weighted by atomic mass is 9.79. The molecule has 1 atom stereocenters. The molecule has 20 heavy (non-hydrogen) atoms. The van der Waals surface area contributed by atoms with Crippen LogP contribution in [0, 0.1) is 5.92 Å². The van der Waals surface area contributed by atoms with Gasteiger partial charge >= 0.3 is 0 Å². The summed E-state index contributed by atoms with van der Waals surface area (Å²) in [5.41, 5.74) is 1.47. The smallest absolute Gasteiger partial charge is 0.118 e. The Labute approximate surface area is 121 Å². The van der Waals surface area contributed by atoms with E-state index in [2.05, 4.69) is 29.6 Å². The molecule has 0 bridgehead atoms. The van der Waals surface area contributed by atoms with Gasteiger partial charge in [0.15, 0.2) is 0 Å². The van der Waals surface area contributed by atoms with Crippen LogP contribution < -0.4 is 10.1 Å². The predicted octanol–water partition coefficient (Wildman–Crippen LogP) is 3.31. The summed E-state index contributed by atoms with van der Waals surface area (Å²) in [6, 6.07) is 8.96. The van der Waals surface area contributed by atoms with Crippen molar-refractivity contribution in [3.05, 3.63) is 29.8 Å². The van der Waals surface area contributed by atoms with Crippen LogP contribution in [0.15, 0.2) is 24.3 Å². The van der Waals surface area contributed by atoms with Gasteiger partial charge in [-0.15, -0.1) is 0 Å². The maximum absolute atomic E-state index is 5.71. The lowest BCUT2D eigenvalue weighted by molar-refractivity contribution is -0.0712. The summed E-state index contributed by atoms with van der Waals surface area (Å²) in [4.78, 5) is 0. The van der Waals surface area contributed by atoms with E-state index in [9.17, 15) is 0 Å². The second kappa shape index (κ2) is 5.74. The topological polar surface area (TPSA) is 30.5 Å². The summed E-state index contributed by atoms with van der Waals surface area (Å²) in [7, 11) is 3.56. The van der Waals surface area contributed by atoms with E-state index >= 15 is 0 Å². The second-order valence-corrected chi connectivity index (χ2v) is 6.21. The molecule has 2 aliphatic rings. The lowest BCUT2D eigenvalue weighted by Gasteiger charge is -2.41. The third kappa shape index (κ3) is 2.84. The van der Waals surface area contributed by atoms with Crippen molar-refractivity contribution in [2.24, 2.45) is 5.92 Å². The molecule has 1 aromatic rings. The molecule has 1 aromatic carbocycles. The number of hydrogen-bond donors (Lipinski definition) is 1. The summed E-state index contributed by atoms with van der Waals surface area (Å²) in [6.07, 6.45) is 6.35. The van der Waals surface area contributed by atoms with E-state index in [0.29, 0.717) is 6.04 Å². The highest BCUT2D eigenvalue weighted by Gasteiger charge is 2.39. The Balaban J connectivity index is 1.65. The number of rotatable bonds is 7. The zero-order valence-corrected chi connectivity index (χ0v) is 12.5. The molecule has 0 aliphatic heterocycles. The fourth-order valence-corrected chi connectivity index (χ4v) is 3.12. The molecule has 2 fully saturated rings. The summed E-state index contributed by atoms with van der Waals surface area (Å²) in [6.45, 7) is 0.969. The maximum Gasteiger partial charge on any atom is 0.118 e. The monoisotopic (exact) mass is 275 g/mol. The van der Waals surface area contributed by atoms with Gasteiger partial charge in [0, 0.05) is 19.7 Å². The van der Waals surface area contributed by atoms with Crippen LogP contribution in [0.25, 0.3) is 0 Å². The third-order valence-electron chi connectivity index (χ3n) is 4.91. The quantitative estimate of drug-likeness (QED) is 0.828. The molecule has 3 heteroatoms. The van der Waals surface area contributed by atoms with Gasteiger partial charge in [-0.25, -0.2) is 0 Å². The maximum atomic E-state index is 5.71. The first kappa shape index (κ1) is 13.9. The predicted molar refractivity (Wildman–Crippen MR) is 80.1 cm³/mol. The molecule has 0 saturated heterocycles. The standard InChI is InChI=1S/C17H25NO2/c1-19-15-8-6-14(7-9-15)16(13-4-5-13)18-12-17(20-2)10-3-11-17/h6-9,13,16,18H,3-5,10-12H2,1-2H3. The normalized spacial score (nSPS) is 22.1. The van der Waals surface area contributed by atoms with Gasteiger partial charge in [0.2, 0.25) is 0 Å². The zero-order chi connectivity index (χ0) is 14.0. The summed E-state index contributed by atoms with van der Waals surface area (Å²) in [5, 5.41) is 3.76. The molecule has 110 valence electrons. The van der Waals surface area contributed by atoms with Gasteiger partial charge in [-0.3, -0.25) is 0 Å². The Morgan fingerprint density at radius 1 is 1.20 bits per heavy atom. The molecular formula is C17H25NO2. The Kier molecular flexibility index (Phi) is 3.99. The summed E-state index contributed by atoms with van der Waals surface area (Å²) < 4.78 is 11.0. The van der Waals surface area contributed by atoms with Crippen molar-refractivity contribution < 1.29 is 9.47 Å². The highest BCUT2D eigenvalue weighted by Crippen LogP contribution is 2.42. The molecule has 2 saturated carbocycles. The van der Waals surface area contributed by atoms with Gasteiger partial charge in [0.05, 0.1) is 12.7 Å². The number of hydrogen-bond acceptors (Lipinski definition) is 3. The first-order valence-corrected chi connectivity index (χ1v) is 7.69. The van der Waals surface area contributed by atoms with Gasteiger partial charge in [-0.05, 0) is 55.7 Å². The van der Waals surface area contributed by atoms with Crippen LogP contribution in [0.5, 0.6) is 5.75 Å². The Bertz CT molecular complexity index is 429. The van der Waals surface area contributed by atoms with Crippen LogP contribution in [-0.2, 0) is 4.74 Å². The average molecular weight is 275 g/mol. The van der Waals surface area contributed by atoms with E-state index < -0.39 is 0 Å². The fourth-order valence-electron chi connectivity index (χ4n) is 3.12. The van der Waals surface area contributed by atoms with Gasteiger partial charge in [-0.2, -0.15) is 0 Å². The van der Waals surface area contributed by atoms with Crippen molar-refractivity contribution >= 4 is 0 Å². The van der Waals surface area contributed by atoms with E-state index in [-0.39, 0.29) is 5.60 Å². The minimum Gasteiger partial charge on any atom is -0.497 e. The van der Waals surface area contributed by atoms with Crippen molar-refractivity contribution in [3.8, 4) is 5.75 Å². The Morgan fingerprint density at radius 2 is 1.90 bits per heavy atom. The number of nitrogens with one attached hydrogen (secondary N) is 1. The highest BCUT2D eigenvalue weighted by molar-refractivity contribution is 5.30. The fraction of sp³-hybridized carbons (Fsp3) is 0.647. The van der Waals surface area contributed by atoms with E-state index in [4.69, 9.17) is 9.47 Å². The van der Waals surface area contributed by atoms with E-state index in [1.165, 1.54) is 37.7 Å². The largest absolute Gasteiger partial charge is 0.497 e. The van der Waals surface area contributed by atoms with Gasteiger partial charge in [0.25, 0.3) is 0 Å². The van der Waals surface area contributed by atoms with E-state index in [0.717, 1.165) is 18.2 Å². The summed E-state index contributed by atoms with van der Waals surface area (Å²) in [5.74, 6) is 1.72. The molecule has 0 aromatic heterocycles. The molecule has 0 amide bonds. The minimum atomic E-state index is 0.0968. The van der Waals surface area contributed by atoms with Crippen molar-refractivity contribution in [2.75, 3.05) is 20.8 Å². The number of methoxy groups -OCH3 is 2. The molecule has 1 unspecified atom stereocenters. The van der Waals surface area contributed by atoms with Crippen LogP contribution in [0.4, 0.5) is 0 Å². The van der Waals surface area contributed by atoms with Crippen molar-refractivity contribution in [3.63, 3.8) is 0 Å². The minimum absolute atomic E-state index is 0.0968. The van der Waals surface area contributed by atoms with Crippen molar-refractivity contribution in [1.82, 2.24) is 5.32 Å². The van der Waals surface area contributed by atoms with Gasteiger partial charge in [0.1, 0.15) is 5.75 Å². The molecule has 3 nitrogen and oxygen atoms in total. The highest BCUT2D eigenvalue weighted by atomic mass is 16.5. The van der Waals surface area contributed by atoms with E-state index in [1.807, 2.05) is 7.11 Å². The van der Waals surface area contributed by atoms with Crippen LogP contribution in [0.3, 0.4) is 0 Å². The zero-order valence-electron chi connectivity index (χ0n) is 12.5. The van der Waals surface area contributed by atoms with Crippen molar-refractivity contribution in [2.45, 2.75) is 43.7 Å². The van der Waals surface area contributed by atoms with Crippen molar-refractivity contribution in [1.29, 1.82) is 0 Å². The summed E-state index contributed by atoms with van der Waals surface area (Å²) >= 11 is 0. The van der Waals surface area contributed by atoms with Gasteiger partial charge in [-0.1, -0.05) is 12.1 Å². The SMILES string of the molecule is COc1ccc(C(NCC2(OC)CCC2)C2CC2)cc1. The molecule has 3 rings (SSSR count). The first-order valence-electron chi connectivity index (χ1n) is 7.69. The van der Waals surface area contributed by atoms with E-state index in [1.54, 1.807) is 7.11 Å². The first-order chi connectivity index (χ1) is 9.76. The second-order valence-electron chi connectivity index (χ2n) is 6.21. The van der Waals surface area contributed by atoms with Crippen LogP contribution in [0.2, 0.25) is 0 Å². The molecule has 0 heterocycles. The Hall–Kier alpha value is -1.06. The van der Waals surface area contributed by atoms with Crippen LogP contribution in [0.1, 0.15) is 43.7 Å². The Morgan fingerprint density at radius 3 is 2.35 bits per heavy atom. The molecule has 0 radical (unpaired) electrons. The number of ether oxygens (including phenoxy) is 2. The van der Waals surface area contributed by atoms with Gasteiger partial charge < -0.3 is 14.8 Å². The average Bonchev–Trinajstić information content (AvgIpc) is 3.27.